The maximum atomic E-state index is 13.8. The van der Waals surface area contributed by atoms with Crippen molar-refractivity contribution in [3.05, 3.63) is 50.7 Å². The smallest absolute Gasteiger partial charge is 0.200 e. The third-order valence-electron chi connectivity index (χ3n) is 2.99. The zero-order chi connectivity index (χ0) is 15.7. The van der Waals surface area contributed by atoms with Gasteiger partial charge < -0.3 is 5.32 Å². The van der Waals surface area contributed by atoms with Crippen LogP contribution in [0.4, 0.5) is 22.0 Å². The Balaban J connectivity index is 2.47. The van der Waals surface area contributed by atoms with Gasteiger partial charge in [0.05, 0.1) is 5.01 Å². The van der Waals surface area contributed by atoms with Gasteiger partial charge in [-0.15, -0.1) is 11.3 Å². The van der Waals surface area contributed by atoms with Gasteiger partial charge in [-0.2, -0.15) is 0 Å². The molecule has 0 aliphatic carbocycles. The summed E-state index contributed by atoms with van der Waals surface area (Å²) in [6, 6.07) is -1.07. The summed E-state index contributed by atoms with van der Waals surface area (Å²) in [5.74, 6) is -9.69. The molecule has 0 saturated heterocycles. The summed E-state index contributed by atoms with van der Waals surface area (Å²) in [6.07, 6.45) is 0.0212. The van der Waals surface area contributed by atoms with Gasteiger partial charge in [0.2, 0.25) is 5.82 Å². The first-order chi connectivity index (χ1) is 9.86. The molecule has 0 aliphatic rings. The topological polar surface area (TPSA) is 24.9 Å². The summed E-state index contributed by atoms with van der Waals surface area (Å²) >= 11 is 1.25. The van der Waals surface area contributed by atoms with E-state index in [0.717, 1.165) is 5.69 Å². The van der Waals surface area contributed by atoms with Crippen LogP contribution in [0.25, 0.3) is 0 Å². The highest BCUT2D eigenvalue weighted by molar-refractivity contribution is 7.09. The van der Waals surface area contributed by atoms with Gasteiger partial charge in [-0.25, -0.2) is 26.9 Å². The minimum absolute atomic E-state index is 0.0212. The first kappa shape index (κ1) is 15.8. The van der Waals surface area contributed by atoms with Gasteiger partial charge in [0.25, 0.3) is 0 Å². The zero-order valence-electron chi connectivity index (χ0n) is 11.1. The Morgan fingerprint density at radius 3 is 2.00 bits per heavy atom. The number of aryl methyl sites for hydroxylation is 1. The van der Waals surface area contributed by atoms with E-state index in [4.69, 9.17) is 0 Å². The summed E-state index contributed by atoms with van der Waals surface area (Å²) in [4.78, 5) is 4.12. The van der Waals surface area contributed by atoms with Gasteiger partial charge in [-0.3, -0.25) is 0 Å². The van der Waals surface area contributed by atoms with E-state index in [2.05, 4.69) is 10.3 Å². The van der Waals surface area contributed by atoms with Crippen LogP contribution < -0.4 is 5.32 Å². The molecule has 21 heavy (non-hydrogen) atoms. The van der Waals surface area contributed by atoms with Crippen LogP contribution in [-0.2, 0) is 6.42 Å². The lowest BCUT2D eigenvalue weighted by atomic mass is 10.0. The molecule has 1 aromatic carbocycles. The van der Waals surface area contributed by atoms with Gasteiger partial charge in [-0.05, 0) is 14.0 Å². The monoisotopic (exact) mass is 322 g/mol. The first-order valence-corrected chi connectivity index (χ1v) is 6.84. The van der Waals surface area contributed by atoms with Crippen molar-refractivity contribution in [3.63, 3.8) is 0 Å². The average molecular weight is 322 g/mol. The van der Waals surface area contributed by atoms with E-state index in [-0.39, 0.29) is 6.42 Å². The minimum atomic E-state index is -2.16. The van der Waals surface area contributed by atoms with Crippen LogP contribution in [0.5, 0.6) is 0 Å². The maximum Gasteiger partial charge on any atom is 0.200 e. The molecule has 0 radical (unpaired) electrons. The van der Waals surface area contributed by atoms with Gasteiger partial charge in [-0.1, -0.05) is 0 Å². The lowest BCUT2D eigenvalue weighted by Crippen LogP contribution is -2.23. The zero-order valence-corrected chi connectivity index (χ0v) is 11.9. The highest BCUT2D eigenvalue weighted by atomic mass is 32.1. The molecule has 0 amide bonds. The SMILES string of the molecule is CNC(Cc1nc(C)cs1)c1c(F)c(F)c(F)c(F)c1F. The molecule has 2 nitrogen and oxygen atoms in total. The standard InChI is InChI=1S/C13H11F5N2S/c1-5-4-21-7(20-5)3-6(19-2)8-9(14)11(16)13(18)12(17)10(8)15/h4,6,19H,3H2,1-2H3. The Labute approximate surface area is 121 Å². The number of nitrogens with zero attached hydrogens (tertiary/aromatic N) is 1. The lowest BCUT2D eigenvalue weighted by molar-refractivity contribution is 0.358. The van der Waals surface area contributed by atoms with Crippen LogP contribution in [0, 0.1) is 36.0 Å². The number of nitrogens with one attached hydrogen (secondary N) is 1. The summed E-state index contributed by atoms with van der Waals surface area (Å²) in [6.45, 7) is 1.74. The fourth-order valence-corrected chi connectivity index (χ4v) is 2.77. The van der Waals surface area contributed by atoms with E-state index in [1.54, 1.807) is 12.3 Å². The van der Waals surface area contributed by atoms with Gasteiger partial charge in [0, 0.05) is 29.1 Å². The molecular formula is C13H11F5N2S. The molecule has 0 fully saturated rings. The summed E-state index contributed by atoms with van der Waals surface area (Å²) in [5.41, 5.74) is -0.149. The largest absolute Gasteiger partial charge is 0.312 e. The van der Waals surface area contributed by atoms with Crippen molar-refractivity contribution in [2.75, 3.05) is 7.05 Å². The highest BCUT2D eigenvalue weighted by Gasteiger charge is 2.30. The number of likely N-dealkylation sites (N-methyl/N-ethyl adjacent to an activating group) is 1. The van der Waals surface area contributed by atoms with Crippen LogP contribution in [0.15, 0.2) is 5.38 Å². The second kappa shape index (κ2) is 6.07. The quantitative estimate of drug-likeness (QED) is 0.528. The van der Waals surface area contributed by atoms with Crippen molar-refractivity contribution in [3.8, 4) is 0 Å². The van der Waals surface area contributed by atoms with E-state index in [1.807, 2.05) is 0 Å². The van der Waals surface area contributed by atoms with E-state index in [1.165, 1.54) is 18.4 Å². The fraction of sp³-hybridized carbons (Fsp3) is 0.308. The lowest BCUT2D eigenvalue weighted by Gasteiger charge is -2.18. The second-order valence-corrected chi connectivity index (χ2v) is 5.35. The van der Waals surface area contributed by atoms with Crippen molar-refractivity contribution >= 4 is 11.3 Å². The molecule has 1 aromatic heterocycles. The summed E-state index contributed by atoms with van der Waals surface area (Å²) in [5, 5.41) is 4.84. The van der Waals surface area contributed by atoms with Gasteiger partial charge >= 0.3 is 0 Å². The molecule has 0 spiro atoms. The molecule has 114 valence electrons. The Hall–Kier alpha value is -1.54. The molecule has 0 aliphatic heterocycles. The highest BCUT2D eigenvalue weighted by Crippen LogP contribution is 2.30. The molecule has 0 saturated carbocycles. The molecule has 0 bridgehead atoms. The minimum Gasteiger partial charge on any atom is -0.312 e. The molecule has 1 heterocycles. The van der Waals surface area contributed by atoms with Gasteiger partial charge in [0.1, 0.15) is 0 Å². The number of hydrogen-bond donors (Lipinski definition) is 1. The van der Waals surface area contributed by atoms with Crippen LogP contribution >= 0.6 is 11.3 Å². The predicted octanol–water partition coefficient (Wildman–Crippen LogP) is 3.65. The molecule has 1 atom stereocenters. The Kier molecular flexibility index (Phi) is 4.58. The van der Waals surface area contributed by atoms with E-state index in [0.29, 0.717) is 5.01 Å². The fourth-order valence-electron chi connectivity index (χ4n) is 1.95. The normalized spacial score (nSPS) is 12.7. The predicted molar refractivity (Wildman–Crippen MR) is 68.6 cm³/mol. The molecule has 1 unspecified atom stereocenters. The molecule has 2 aromatic rings. The molecule has 8 heteroatoms. The van der Waals surface area contributed by atoms with Gasteiger partial charge in [0.15, 0.2) is 23.3 Å². The Morgan fingerprint density at radius 2 is 1.57 bits per heavy atom. The van der Waals surface area contributed by atoms with Crippen LogP contribution in [-0.4, -0.2) is 12.0 Å². The number of rotatable bonds is 4. The summed E-state index contributed by atoms with van der Waals surface area (Å²) < 4.78 is 67.1. The molecule has 2 rings (SSSR count). The van der Waals surface area contributed by atoms with Crippen LogP contribution in [0.2, 0.25) is 0 Å². The molecular weight excluding hydrogens is 311 g/mol. The van der Waals surface area contributed by atoms with Crippen molar-refractivity contribution in [2.24, 2.45) is 0 Å². The Bertz CT molecular complexity index is 642. The first-order valence-electron chi connectivity index (χ1n) is 5.96. The second-order valence-electron chi connectivity index (χ2n) is 4.41. The van der Waals surface area contributed by atoms with Crippen molar-refractivity contribution in [1.82, 2.24) is 10.3 Å². The van der Waals surface area contributed by atoms with E-state index >= 15 is 0 Å². The number of halogens is 5. The third kappa shape index (κ3) is 2.91. The number of benzene rings is 1. The van der Waals surface area contributed by atoms with Crippen LogP contribution in [0.3, 0.4) is 0 Å². The van der Waals surface area contributed by atoms with Crippen LogP contribution in [0.1, 0.15) is 22.3 Å². The summed E-state index contributed by atoms with van der Waals surface area (Å²) in [7, 11) is 1.38. The Morgan fingerprint density at radius 1 is 1.05 bits per heavy atom. The van der Waals surface area contributed by atoms with E-state index < -0.39 is 40.7 Å². The number of hydrogen-bond acceptors (Lipinski definition) is 3. The van der Waals surface area contributed by atoms with Crippen molar-refractivity contribution < 1.29 is 22.0 Å². The van der Waals surface area contributed by atoms with Crippen molar-refractivity contribution in [2.45, 2.75) is 19.4 Å². The number of thiazole rings is 1. The van der Waals surface area contributed by atoms with Crippen molar-refractivity contribution in [1.29, 1.82) is 0 Å². The number of aromatic nitrogens is 1. The third-order valence-corrected chi connectivity index (χ3v) is 3.97. The molecule has 1 N–H and O–H groups in total. The average Bonchev–Trinajstić information content (AvgIpc) is 2.87. The maximum absolute atomic E-state index is 13.8. The van der Waals surface area contributed by atoms with E-state index in [9.17, 15) is 22.0 Å².